The Morgan fingerprint density at radius 1 is 0.436 bits per heavy atom. The van der Waals surface area contributed by atoms with E-state index in [1.54, 1.807) is 0 Å². The summed E-state index contributed by atoms with van der Waals surface area (Å²) >= 11 is 3.57. The van der Waals surface area contributed by atoms with Crippen LogP contribution in [0, 0.1) is 0 Å². The van der Waals surface area contributed by atoms with Crippen LogP contribution in [-0.4, -0.2) is 0 Å². The first-order valence-corrected chi connectivity index (χ1v) is 13.8. The number of hydrogen-bond donors (Lipinski definition) is 0. The van der Waals surface area contributed by atoms with Crippen LogP contribution in [0.25, 0.3) is 44.2 Å². The molecule has 0 spiro atoms. The Morgan fingerprint density at radius 2 is 0.949 bits per heavy atom. The maximum Gasteiger partial charge on any atom is 0.136 e. The quantitative estimate of drug-likeness (QED) is 0.206. The number of hydrogen-bond acceptors (Lipinski definition) is 2. The van der Waals surface area contributed by atoms with Crippen molar-refractivity contribution >= 4 is 54.9 Å². The lowest BCUT2D eigenvalue weighted by atomic mass is 9.94. The van der Waals surface area contributed by atoms with E-state index in [2.05, 4.69) is 166 Å². The second-order valence-corrected chi connectivity index (χ2v) is 10.4. The Bertz CT molecular complexity index is 1870. The lowest BCUT2D eigenvalue weighted by molar-refractivity contribution is 0.669. The smallest absolute Gasteiger partial charge is 0.136 e. The SMILES string of the molecule is Brc1ccc(-c2cccc3oc4cccc(-c5cccc(N(c6ccccc6)c6ccccc6)c5)c4c23)cc1. The number of rotatable bonds is 5. The zero-order valence-corrected chi connectivity index (χ0v) is 22.7. The Morgan fingerprint density at radius 3 is 1.54 bits per heavy atom. The van der Waals surface area contributed by atoms with Crippen LogP contribution in [0.2, 0.25) is 0 Å². The molecule has 0 radical (unpaired) electrons. The van der Waals surface area contributed by atoms with Crippen molar-refractivity contribution in [3.8, 4) is 22.3 Å². The van der Waals surface area contributed by atoms with Crippen LogP contribution in [-0.2, 0) is 0 Å². The molecule has 6 aromatic carbocycles. The average Bonchev–Trinajstić information content (AvgIpc) is 3.38. The van der Waals surface area contributed by atoms with E-state index >= 15 is 0 Å². The van der Waals surface area contributed by atoms with Crippen molar-refractivity contribution < 1.29 is 4.42 Å². The zero-order chi connectivity index (χ0) is 26.2. The van der Waals surface area contributed by atoms with Gasteiger partial charge in [-0.15, -0.1) is 0 Å². The van der Waals surface area contributed by atoms with Crippen LogP contribution < -0.4 is 4.90 Å². The summed E-state index contributed by atoms with van der Waals surface area (Å²) in [7, 11) is 0. The number of halogens is 1. The molecule has 0 unspecified atom stereocenters. The molecule has 0 aliphatic rings. The lowest BCUT2D eigenvalue weighted by Crippen LogP contribution is -2.09. The van der Waals surface area contributed by atoms with Crippen LogP contribution >= 0.6 is 15.9 Å². The van der Waals surface area contributed by atoms with Gasteiger partial charge in [-0.2, -0.15) is 0 Å². The van der Waals surface area contributed by atoms with Crippen molar-refractivity contribution in [2.45, 2.75) is 0 Å². The second-order valence-electron chi connectivity index (χ2n) is 9.52. The van der Waals surface area contributed by atoms with E-state index in [1.807, 2.05) is 0 Å². The summed E-state index contributed by atoms with van der Waals surface area (Å²) in [5, 5.41) is 2.27. The maximum absolute atomic E-state index is 6.40. The van der Waals surface area contributed by atoms with Crippen molar-refractivity contribution in [2.75, 3.05) is 4.90 Å². The molecule has 1 heterocycles. The molecule has 0 saturated carbocycles. The Balaban J connectivity index is 1.44. The van der Waals surface area contributed by atoms with Gasteiger partial charge in [0.1, 0.15) is 11.2 Å². The minimum absolute atomic E-state index is 0.889. The first-order valence-electron chi connectivity index (χ1n) is 13.0. The first kappa shape index (κ1) is 23.5. The molecule has 0 amide bonds. The van der Waals surface area contributed by atoms with Crippen molar-refractivity contribution in [3.05, 3.63) is 150 Å². The molecule has 0 saturated heterocycles. The van der Waals surface area contributed by atoms with Gasteiger partial charge in [0.05, 0.1) is 0 Å². The average molecular weight is 566 g/mol. The van der Waals surface area contributed by atoms with Crippen LogP contribution in [0.3, 0.4) is 0 Å². The number of para-hydroxylation sites is 2. The summed E-state index contributed by atoms with van der Waals surface area (Å²) in [6, 6.07) is 50.9. The molecule has 0 N–H and O–H groups in total. The summed E-state index contributed by atoms with van der Waals surface area (Å²) in [5.41, 5.74) is 9.73. The summed E-state index contributed by atoms with van der Waals surface area (Å²) < 4.78 is 7.46. The molecule has 0 fully saturated rings. The summed E-state index contributed by atoms with van der Waals surface area (Å²) in [6.45, 7) is 0. The molecule has 3 heteroatoms. The van der Waals surface area contributed by atoms with Gasteiger partial charge in [-0.05, 0) is 82.9 Å². The zero-order valence-electron chi connectivity index (χ0n) is 21.1. The molecule has 0 atom stereocenters. The monoisotopic (exact) mass is 565 g/mol. The highest BCUT2D eigenvalue weighted by molar-refractivity contribution is 9.10. The molecule has 0 aliphatic heterocycles. The molecule has 0 aliphatic carbocycles. The summed E-state index contributed by atoms with van der Waals surface area (Å²) in [6.07, 6.45) is 0. The highest BCUT2D eigenvalue weighted by atomic mass is 79.9. The molecular weight excluding hydrogens is 542 g/mol. The van der Waals surface area contributed by atoms with E-state index < -0.39 is 0 Å². The van der Waals surface area contributed by atoms with Gasteiger partial charge >= 0.3 is 0 Å². The van der Waals surface area contributed by atoms with E-state index in [0.717, 1.165) is 65.7 Å². The van der Waals surface area contributed by atoms with E-state index in [-0.39, 0.29) is 0 Å². The van der Waals surface area contributed by atoms with E-state index in [1.165, 1.54) is 0 Å². The highest BCUT2D eigenvalue weighted by Gasteiger charge is 2.18. The third-order valence-corrected chi connectivity index (χ3v) is 7.65. The van der Waals surface area contributed by atoms with Gasteiger partial charge in [0.25, 0.3) is 0 Å². The van der Waals surface area contributed by atoms with Gasteiger partial charge in [0.2, 0.25) is 0 Å². The van der Waals surface area contributed by atoms with Crippen LogP contribution in [0.15, 0.2) is 154 Å². The number of nitrogens with zero attached hydrogens (tertiary/aromatic N) is 1. The van der Waals surface area contributed by atoms with E-state index in [0.29, 0.717) is 0 Å². The summed E-state index contributed by atoms with van der Waals surface area (Å²) in [4.78, 5) is 2.30. The van der Waals surface area contributed by atoms with E-state index in [9.17, 15) is 0 Å². The molecule has 7 rings (SSSR count). The minimum Gasteiger partial charge on any atom is -0.456 e. The first-order chi connectivity index (χ1) is 19.3. The molecule has 7 aromatic rings. The largest absolute Gasteiger partial charge is 0.456 e. The Kier molecular flexibility index (Phi) is 5.99. The van der Waals surface area contributed by atoms with Gasteiger partial charge in [0, 0.05) is 32.3 Å². The molecule has 39 heavy (non-hydrogen) atoms. The number of benzene rings is 6. The highest BCUT2D eigenvalue weighted by Crippen LogP contribution is 2.43. The maximum atomic E-state index is 6.40. The molecule has 2 nitrogen and oxygen atoms in total. The third kappa shape index (κ3) is 4.31. The van der Waals surface area contributed by atoms with Gasteiger partial charge in [-0.25, -0.2) is 0 Å². The fraction of sp³-hybridized carbons (Fsp3) is 0. The Labute approximate surface area is 235 Å². The van der Waals surface area contributed by atoms with Gasteiger partial charge in [0.15, 0.2) is 0 Å². The van der Waals surface area contributed by atoms with Gasteiger partial charge < -0.3 is 9.32 Å². The lowest BCUT2D eigenvalue weighted by Gasteiger charge is -2.26. The number of fused-ring (bicyclic) bond motifs is 3. The molecule has 186 valence electrons. The number of furan rings is 1. The normalized spacial score (nSPS) is 11.2. The third-order valence-electron chi connectivity index (χ3n) is 7.12. The fourth-order valence-corrected chi connectivity index (χ4v) is 5.66. The molecule has 0 bridgehead atoms. The second kappa shape index (κ2) is 9.94. The standard InChI is InChI=1S/C36H24BrNO/c37-27-22-20-25(21-23-27)31-16-8-18-33-35(31)36-32(17-9-19-34(36)39-33)26-10-7-15-30(24-26)38(28-11-3-1-4-12-28)29-13-5-2-6-14-29/h1-24H. The molecular formula is C36H24BrNO. The van der Waals surface area contributed by atoms with Crippen LogP contribution in [0.4, 0.5) is 17.1 Å². The van der Waals surface area contributed by atoms with Crippen molar-refractivity contribution in [3.63, 3.8) is 0 Å². The van der Waals surface area contributed by atoms with Crippen molar-refractivity contribution in [2.24, 2.45) is 0 Å². The predicted molar refractivity (Wildman–Crippen MR) is 167 cm³/mol. The topological polar surface area (TPSA) is 16.4 Å². The Hall–Kier alpha value is -4.60. The summed E-state index contributed by atoms with van der Waals surface area (Å²) in [5.74, 6) is 0. The van der Waals surface area contributed by atoms with Gasteiger partial charge in [-0.1, -0.05) is 101 Å². The fourth-order valence-electron chi connectivity index (χ4n) is 5.39. The minimum atomic E-state index is 0.889. The van der Waals surface area contributed by atoms with Crippen molar-refractivity contribution in [1.29, 1.82) is 0 Å². The van der Waals surface area contributed by atoms with Crippen LogP contribution in [0.1, 0.15) is 0 Å². The van der Waals surface area contributed by atoms with Gasteiger partial charge in [-0.3, -0.25) is 0 Å². The number of anilines is 3. The molecule has 1 aromatic heterocycles. The van der Waals surface area contributed by atoms with E-state index in [4.69, 9.17) is 4.42 Å². The predicted octanol–water partition coefficient (Wildman–Crippen LogP) is 11.2. The van der Waals surface area contributed by atoms with Crippen molar-refractivity contribution in [1.82, 2.24) is 0 Å². The van der Waals surface area contributed by atoms with Crippen LogP contribution in [0.5, 0.6) is 0 Å².